The maximum Gasteiger partial charge on any atom is 0.303 e. The summed E-state index contributed by atoms with van der Waals surface area (Å²) in [4.78, 5) is 10.7. The van der Waals surface area contributed by atoms with Crippen LogP contribution in [-0.2, 0) is 11.2 Å². The summed E-state index contributed by atoms with van der Waals surface area (Å²) in [5, 5.41) is 10.4. The van der Waals surface area contributed by atoms with Crippen molar-refractivity contribution in [3.05, 3.63) is 53.2 Å². The first kappa shape index (κ1) is 17.0. The monoisotopic (exact) mass is 370 g/mol. The minimum absolute atomic E-state index is 0.0584. The molecule has 0 unspecified atom stereocenters. The second kappa shape index (κ2) is 7.04. The Labute approximate surface area is 156 Å². The van der Waals surface area contributed by atoms with E-state index >= 15 is 0 Å². The van der Waals surface area contributed by atoms with Crippen LogP contribution in [0.1, 0.15) is 31.4 Å². The molecular weight excluding hydrogens is 352 g/mol. The summed E-state index contributed by atoms with van der Waals surface area (Å²) >= 11 is 6.28. The number of furan rings is 1. The number of aryl methyl sites for hydroxylation is 1. The standard InChI is InChI=1S/C21H19ClO4/c22-16-9-14(10-19(12-16)25-17-2-1-3-17)13-4-6-20-15(8-13)11-18(26-20)5-7-21(23)24/h4,6,8-12,17H,1-3,5,7H2,(H,23,24). The number of benzene rings is 2. The Balaban J connectivity index is 1.62. The van der Waals surface area contributed by atoms with Gasteiger partial charge in [-0.05, 0) is 66.8 Å². The largest absolute Gasteiger partial charge is 0.490 e. The summed E-state index contributed by atoms with van der Waals surface area (Å²) in [6.07, 6.45) is 4.16. The van der Waals surface area contributed by atoms with Crippen LogP contribution in [-0.4, -0.2) is 17.2 Å². The Hall–Kier alpha value is -2.46. The van der Waals surface area contributed by atoms with Gasteiger partial charge >= 0.3 is 5.97 Å². The SMILES string of the molecule is O=C(O)CCc1cc2cc(-c3cc(Cl)cc(OC4CCC4)c3)ccc2o1. The van der Waals surface area contributed by atoms with Crippen molar-refractivity contribution < 1.29 is 19.1 Å². The quantitative estimate of drug-likeness (QED) is 0.604. The molecule has 1 heterocycles. The predicted octanol–water partition coefficient (Wildman–Crippen LogP) is 5.70. The molecule has 2 aromatic carbocycles. The van der Waals surface area contributed by atoms with Gasteiger partial charge in [-0.2, -0.15) is 0 Å². The summed E-state index contributed by atoms with van der Waals surface area (Å²) in [6.45, 7) is 0. The molecule has 1 aromatic heterocycles. The van der Waals surface area contributed by atoms with E-state index in [2.05, 4.69) is 0 Å². The first-order valence-corrected chi connectivity index (χ1v) is 9.16. The number of ether oxygens (including phenoxy) is 1. The van der Waals surface area contributed by atoms with E-state index in [4.69, 9.17) is 25.9 Å². The van der Waals surface area contributed by atoms with Crippen LogP contribution in [0.4, 0.5) is 0 Å². The molecule has 5 heteroatoms. The molecule has 3 aromatic rings. The summed E-state index contributed by atoms with van der Waals surface area (Å²) in [7, 11) is 0. The maximum absolute atomic E-state index is 10.7. The van der Waals surface area contributed by atoms with E-state index in [9.17, 15) is 4.79 Å². The number of hydrogen-bond donors (Lipinski definition) is 1. The number of carboxylic acid groups (broad SMARTS) is 1. The lowest BCUT2D eigenvalue weighted by Crippen LogP contribution is -2.24. The Bertz CT molecular complexity index is 956. The van der Waals surface area contributed by atoms with Crippen molar-refractivity contribution in [2.75, 3.05) is 0 Å². The zero-order chi connectivity index (χ0) is 18.1. The maximum atomic E-state index is 10.7. The predicted molar refractivity (Wildman–Crippen MR) is 101 cm³/mol. The van der Waals surface area contributed by atoms with Crippen molar-refractivity contribution in [1.82, 2.24) is 0 Å². The molecule has 134 valence electrons. The van der Waals surface area contributed by atoms with Crippen LogP contribution in [0.25, 0.3) is 22.1 Å². The van der Waals surface area contributed by atoms with Crippen molar-refractivity contribution in [3.63, 3.8) is 0 Å². The van der Waals surface area contributed by atoms with Gasteiger partial charge in [-0.25, -0.2) is 0 Å². The summed E-state index contributed by atoms with van der Waals surface area (Å²) < 4.78 is 11.7. The fraction of sp³-hybridized carbons (Fsp3) is 0.286. The van der Waals surface area contributed by atoms with Crippen LogP contribution in [0.2, 0.25) is 5.02 Å². The molecule has 4 nitrogen and oxygen atoms in total. The molecule has 0 radical (unpaired) electrons. The lowest BCUT2D eigenvalue weighted by molar-refractivity contribution is -0.137. The molecule has 0 amide bonds. The van der Waals surface area contributed by atoms with E-state index < -0.39 is 5.97 Å². The number of carboxylic acids is 1. The molecule has 0 spiro atoms. The average Bonchev–Trinajstić information content (AvgIpc) is 2.98. The Morgan fingerprint density at radius 3 is 2.73 bits per heavy atom. The first-order valence-electron chi connectivity index (χ1n) is 8.79. The van der Waals surface area contributed by atoms with Gasteiger partial charge in [0.2, 0.25) is 0 Å². The van der Waals surface area contributed by atoms with Gasteiger partial charge < -0.3 is 14.3 Å². The number of hydrogen-bond acceptors (Lipinski definition) is 3. The number of carbonyl (C=O) groups is 1. The highest BCUT2D eigenvalue weighted by molar-refractivity contribution is 6.31. The highest BCUT2D eigenvalue weighted by Crippen LogP contribution is 2.33. The molecule has 26 heavy (non-hydrogen) atoms. The zero-order valence-electron chi connectivity index (χ0n) is 14.2. The summed E-state index contributed by atoms with van der Waals surface area (Å²) in [5.74, 6) is 0.648. The molecule has 1 fully saturated rings. The van der Waals surface area contributed by atoms with Crippen LogP contribution < -0.4 is 4.74 Å². The van der Waals surface area contributed by atoms with Gasteiger partial charge in [0.1, 0.15) is 17.1 Å². The molecule has 1 N–H and O–H groups in total. The van der Waals surface area contributed by atoms with Crippen molar-refractivity contribution in [2.45, 2.75) is 38.2 Å². The van der Waals surface area contributed by atoms with Crippen molar-refractivity contribution in [2.24, 2.45) is 0 Å². The van der Waals surface area contributed by atoms with Gasteiger partial charge in [0.25, 0.3) is 0 Å². The minimum Gasteiger partial charge on any atom is -0.490 e. The van der Waals surface area contributed by atoms with Crippen LogP contribution in [0, 0.1) is 0 Å². The normalized spacial score (nSPS) is 14.3. The molecule has 0 saturated heterocycles. The molecule has 1 aliphatic carbocycles. The number of fused-ring (bicyclic) bond motifs is 1. The van der Waals surface area contributed by atoms with Gasteiger partial charge in [0.05, 0.1) is 12.5 Å². The number of rotatable bonds is 6. The minimum atomic E-state index is -0.830. The highest BCUT2D eigenvalue weighted by Gasteiger charge is 2.19. The Kier molecular flexibility index (Phi) is 4.60. The van der Waals surface area contributed by atoms with E-state index in [1.54, 1.807) is 0 Å². The van der Waals surface area contributed by atoms with E-state index in [1.165, 1.54) is 6.42 Å². The highest BCUT2D eigenvalue weighted by atomic mass is 35.5. The summed E-state index contributed by atoms with van der Waals surface area (Å²) in [5.41, 5.74) is 2.76. The molecular formula is C21H19ClO4. The third kappa shape index (κ3) is 3.70. The Morgan fingerprint density at radius 1 is 1.15 bits per heavy atom. The van der Waals surface area contributed by atoms with E-state index in [0.29, 0.717) is 23.3 Å². The topological polar surface area (TPSA) is 59.7 Å². The van der Waals surface area contributed by atoms with Crippen LogP contribution in [0.15, 0.2) is 46.9 Å². The average molecular weight is 371 g/mol. The van der Waals surface area contributed by atoms with Gasteiger partial charge in [-0.1, -0.05) is 17.7 Å². The van der Waals surface area contributed by atoms with E-state index in [1.807, 2.05) is 42.5 Å². The van der Waals surface area contributed by atoms with Gasteiger partial charge in [0.15, 0.2) is 0 Å². The first-order chi connectivity index (χ1) is 12.6. The van der Waals surface area contributed by atoms with Crippen LogP contribution >= 0.6 is 11.6 Å². The lowest BCUT2D eigenvalue weighted by atomic mass is 9.96. The second-order valence-corrected chi connectivity index (χ2v) is 7.14. The fourth-order valence-electron chi connectivity index (χ4n) is 3.11. The third-order valence-electron chi connectivity index (χ3n) is 4.71. The molecule has 1 saturated carbocycles. The molecule has 0 aliphatic heterocycles. The van der Waals surface area contributed by atoms with Gasteiger partial charge in [-0.3, -0.25) is 4.79 Å². The zero-order valence-corrected chi connectivity index (χ0v) is 15.0. The molecule has 0 bridgehead atoms. The second-order valence-electron chi connectivity index (χ2n) is 6.71. The number of halogens is 1. The van der Waals surface area contributed by atoms with Crippen molar-refractivity contribution in [3.8, 4) is 16.9 Å². The Morgan fingerprint density at radius 2 is 2.00 bits per heavy atom. The molecule has 4 rings (SSSR count). The lowest BCUT2D eigenvalue weighted by Gasteiger charge is -2.26. The number of aliphatic carboxylic acids is 1. The van der Waals surface area contributed by atoms with Crippen LogP contribution in [0.5, 0.6) is 5.75 Å². The smallest absolute Gasteiger partial charge is 0.303 e. The van der Waals surface area contributed by atoms with E-state index in [0.717, 1.165) is 40.7 Å². The van der Waals surface area contributed by atoms with Gasteiger partial charge in [-0.15, -0.1) is 0 Å². The van der Waals surface area contributed by atoms with Crippen molar-refractivity contribution >= 4 is 28.5 Å². The molecule has 1 aliphatic rings. The third-order valence-corrected chi connectivity index (χ3v) is 4.93. The summed E-state index contributed by atoms with van der Waals surface area (Å²) in [6, 6.07) is 13.6. The van der Waals surface area contributed by atoms with Gasteiger partial charge in [0, 0.05) is 16.8 Å². The van der Waals surface area contributed by atoms with Crippen molar-refractivity contribution in [1.29, 1.82) is 0 Å². The fourth-order valence-corrected chi connectivity index (χ4v) is 3.33. The molecule has 0 atom stereocenters. The van der Waals surface area contributed by atoms with Crippen LogP contribution in [0.3, 0.4) is 0 Å². The van der Waals surface area contributed by atoms with E-state index in [-0.39, 0.29) is 6.42 Å².